The average Bonchev–Trinajstić information content (AvgIpc) is 3.63. The number of ether oxygens (including phenoxy) is 1. The first kappa shape index (κ1) is 25.7. The van der Waals surface area contributed by atoms with Gasteiger partial charge in [0, 0.05) is 30.5 Å². The van der Waals surface area contributed by atoms with Crippen molar-refractivity contribution in [2.75, 3.05) is 7.11 Å². The SMILES string of the molecule is COc1ccc(-n2nnnc2C(F)(F)F)cc1CNC1CCC(Cc2nnn(C)n2)C1c1ccc(F)cc1. The Kier molecular flexibility index (Phi) is 7.06. The normalized spacial score (nSPS) is 19.7. The van der Waals surface area contributed by atoms with E-state index in [-0.39, 0.29) is 29.4 Å². The van der Waals surface area contributed by atoms with Crippen LogP contribution in [0.4, 0.5) is 17.6 Å². The Morgan fingerprint density at radius 3 is 2.53 bits per heavy atom. The van der Waals surface area contributed by atoms with Crippen LogP contribution in [0.5, 0.6) is 5.75 Å². The lowest BCUT2D eigenvalue weighted by Crippen LogP contribution is -2.33. The van der Waals surface area contributed by atoms with Crippen molar-refractivity contribution >= 4 is 0 Å². The molecule has 3 unspecified atom stereocenters. The summed E-state index contributed by atoms with van der Waals surface area (Å²) in [5, 5.41) is 25.8. The molecule has 14 heteroatoms. The molecule has 5 rings (SSSR count). The standard InChI is InChI=1S/C24H25F4N9O/c1-36-32-21(30-34-36)12-15-5-9-19(22(15)14-3-6-17(25)7-4-14)29-13-16-11-18(8-10-20(16)38-2)37-23(24(26,27)28)31-33-35-37/h3-4,6-8,10-11,15,19,22,29H,5,9,12-13H2,1-2H3. The van der Waals surface area contributed by atoms with Gasteiger partial charge in [0.05, 0.1) is 19.8 Å². The van der Waals surface area contributed by atoms with Crippen LogP contribution in [0.15, 0.2) is 42.5 Å². The molecule has 0 amide bonds. The number of nitrogens with zero attached hydrogens (tertiary/aromatic N) is 8. The Labute approximate surface area is 215 Å². The molecule has 0 bridgehead atoms. The summed E-state index contributed by atoms with van der Waals surface area (Å²) in [6, 6.07) is 11.1. The van der Waals surface area contributed by atoms with E-state index in [9.17, 15) is 17.6 Å². The van der Waals surface area contributed by atoms with E-state index in [2.05, 4.69) is 36.3 Å². The highest BCUT2D eigenvalue weighted by molar-refractivity contribution is 5.44. The summed E-state index contributed by atoms with van der Waals surface area (Å²) in [7, 11) is 3.21. The minimum Gasteiger partial charge on any atom is -0.496 e. The van der Waals surface area contributed by atoms with Crippen molar-refractivity contribution in [3.05, 3.63) is 71.1 Å². The van der Waals surface area contributed by atoms with Gasteiger partial charge in [0.2, 0.25) is 0 Å². The first-order chi connectivity index (χ1) is 18.2. The molecule has 38 heavy (non-hydrogen) atoms. The summed E-state index contributed by atoms with van der Waals surface area (Å²) in [6.45, 7) is 0.318. The van der Waals surface area contributed by atoms with Crippen LogP contribution in [-0.4, -0.2) is 53.6 Å². The van der Waals surface area contributed by atoms with Crippen LogP contribution in [0.25, 0.3) is 5.69 Å². The van der Waals surface area contributed by atoms with Gasteiger partial charge in [-0.1, -0.05) is 12.1 Å². The van der Waals surface area contributed by atoms with Crippen LogP contribution < -0.4 is 10.1 Å². The number of rotatable bonds is 8. The molecule has 0 radical (unpaired) electrons. The van der Waals surface area contributed by atoms with E-state index in [0.29, 0.717) is 34.8 Å². The van der Waals surface area contributed by atoms with Crippen molar-refractivity contribution in [1.82, 2.24) is 45.7 Å². The monoisotopic (exact) mass is 531 g/mol. The van der Waals surface area contributed by atoms with Gasteiger partial charge in [0.15, 0.2) is 5.82 Å². The van der Waals surface area contributed by atoms with Gasteiger partial charge in [-0.2, -0.15) is 22.6 Å². The van der Waals surface area contributed by atoms with Crippen LogP contribution in [0.3, 0.4) is 0 Å². The number of hydrogen-bond donors (Lipinski definition) is 1. The van der Waals surface area contributed by atoms with E-state index >= 15 is 0 Å². The van der Waals surface area contributed by atoms with Gasteiger partial charge in [-0.3, -0.25) is 0 Å². The Balaban J connectivity index is 1.39. The second-order valence-electron chi connectivity index (χ2n) is 9.21. The van der Waals surface area contributed by atoms with Gasteiger partial charge in [-0.25, -0.2) is 4.39 Å². The zero-order chi connectivity index (χ0) is 26.9. The molecule has 10 nitrogen and oxygen atoms in total. The van der Waals surface area contributed by atoms with Crippen molar-refractivity contribution in [2.24, 2.45) is 13.0 Å². The van der Waals surface area contributed by atoms with E-state index in [4.69, 9.17) is 4.74 Å². The third-order valence-corrected chi connectivity index (χ3v) is 6.83. The summed E-state index contributed by atoms with van der Waals surface area (Å²) in [6.07, 6.45) is -2.37. The largest absolute Gasteiger partial charge is 0.496 e. The number of nitrogens with one attached hydrogen (secondary N) is 1. The van der Waals surface area contributed by atoms with Crippen LogP contribution >= 0.6 is 0 Å². The zero-order valence-electron chi connectivity index (χ0n) is 20.6. The van der Waals surface area contributed by atoms with E-state index < -0.39 is 12.0 Å². The third kappa shape index (κ3) is 5.35. The number of aromatic nitrogens is 8. The maximum Gasteiger partial charge on any atom is 0.453 e. The van der Waals surface area contributed by atoms with Crippen molar-refractivity contribution in [2.45, 2.75) is 43.9 Å². The number of aryl methyl sites for hydroxylation is 1. The number of hydrogen-bond acceptors (Lipinski definition) is 8. The van der Waals surface area contributed by atoms with E-state index in [1.54, 1.807) is 31.3 Å². The second kappa shape index (κ2) is 10.4. The number of methoxy groups -OCH3 is 1. The number of halogens is 4. The maximum atomic E-state index is 13.7. The van der Waals surface area contributed by atoms with Crippen LogP contribution in [0.1, 0.15) is 41.5 Å². The Morgan fingerprint density at radius 1 is 1.05 bits per heavy atom. The quantitative estimate of drug-likeness (QED) is 0.345. The van der Waals surface area contributed by atoms with E-state index in [0.717, 1.165) is 18.4 Å². The molecule has 0 aliphatic heterocycles. The van der Waals surface area contributed by atoms with Gasteiger partial charge < -0.3 is 10.1 Å². The second-order valence-corrected chi connectivity index (χ2v) is 9.21. The highest BCUT2D eigenvalue weighted by Gasteiger charge is 2.39. The fraction of sp³-hybridized carbons (Fsp3) is 0.417. The minimum atomic E-state index is -4.71. The molecule has 0 saturated heterocycles. The smallest absolute Gasteiger partial charge is 0.453 e. The summed E-state index contributed by atoms with van der Waals surface area (Å²) in [4.78, 5) is 1.42. The summed E-state index contributed by atoms with van der Waals surface area (Å²) < 4.78 is 59.9. The molecule has 3 atom stereocenters. The van der Waals surface area contributed by atoms with Crippen LogP contribution in [0, 0.1) is 11.7 Å². The molecule has 2 aromatic carbocycles. The molecule has 200 valence electrons. The maximum absolute atomic E-state index is 13.7. The van der Waals surface area contributed by atoms with Crippen molar-refractivity contribution in [3.8, 4) is 11.4 Å². The predicted molar refractivity (Wildman–Crippen MR) is 126 cm³/mol. The molecule has 0 spiro atoms. The molecular weight excluding hydrogens is 506 g/mol. The molecule has 1 fully saturated rings. The fourth-order valence-corrected chi connectivity index (χ4v) is 5.18. The minimum absolute atomic E-state index is 0.00858. The van der Waals surface area contributed by atoms with Gasteiger partial charge >= 0.3 is 6.18 Å². The van der Waals surface area contributed by atoms with Crippen molar-refractivity contribution < 1.29 is 22.3 Å². The zero-order valence-corrected chi connectivity index (χ0v) is 20.6. The van der Waals surface area contributed by atoms with E-state index in [1.165, 1.54) is 30.1 Å². The molecule has 2 aromatic heterocycles. The van der Waals surface area contributed by atoms with Crippen LogP contribution in [-0.2, 0) is 26.2 Å². The molecular formula is C24H25F4N9O. The lowest BCUT2D eigenvalue weighted by Gasteiger charge is -2.26. The lowest BCUT2D eigenvalue weighted by molar-refractivity contribution is -0.146. The van der Waals surface area contributed by atoms with Crippen LogP contribution in [0.2, 0.25) is 0 Å². The molecule has 1 aliphatic rings. The number of benzene rings is 2. The van der Waals surface area contributed by atoms with Gasteiger partial charge in [-0.15, -0.1) is 15.3 Å². The Morgan fingerprint density at radius 2 is 1.84 bits per heavy atom. The molecule has 1 aliphatic carbocycles. The average molecular weight is 532 g/mol. The Bertz CT molecular complexity index is 1390. The molecule has 1 saturated carbocycles. The summed E-state index contributed by atoms with van der Waals surface area (Å²) in [5.41, 5.74) is 1.79. The highest BCUT2D eigenvalue weighted by atomic mass is 19.4. The van der Waals surface area contributed by atoms with Gasteiger partial charge in [0.1, 0.15) is 11.6 Å². The third-order valence-electron chi connectivity index (χ3n) is 6.83. The first-order valence-corrected chi connectivity index (χ1v) is 12.0. The van der Waals surface area contributed by atoms with Gasteiger partial charge in [-0.05, 0) is 70.3 Å². The Hall–Kier alpha value is -3.94. The fourth-order valence-electron chi connectivity index (χ4n) is 5.18. The number of alkyl halides is 3. The van der Waals surface area contributed by atoms with Crippen molar-refractivity contribution in [1.29, 1.82) is 0 Å². The predicted octanol–water partition coefficient (Wildman–Crippen LogP) is 3.25. The molecule has 1 N–H and O–H groups in total. The summed E-state index contributed by atoms with van der Waals surface area (Å²) in [5.74, 6) is -0.156. The molecule has 4 aromatic rings. The first-order valence-electron chi connectivity index (χ1n) is 12.0. The summed E-state index contributed by atoms with van der Waals surface area (Å²) >= 11 is 0. The van der Waals surface area contributed by atoms with Crippen molar-refractivity contribution in [3.63, 3.8) is 0 Å². The topological polar surface area (TPSA) is 108 Å². The molecule has 2 heterocycles. The van der Waals surface area contributed by atoms with Gasteiger partial charge in [0.25, 0.3) is 5.82 Å². The number of tetrazole rings is 2. The lowest BCUT2D eigenvalue weighted by atomic mass is 9.84. The highest BCUT2D eigenvalue weighted by Crippen LogP contribution is 2.42. The van der Waals surface area contributed by atoms with E-state index in [1.807, 2.05) is 0 Å².